The van der Waals surface area contributed by atoms with Crippen molar-refractivity contribution in [3.8, 4) is 44.5 Å². The van der Waals surface area contributed by atoms with E-state index in [1.165, 1.54) is 33.4 Å². The fourth-order valence-electron chi connectivity index (χ4n) is 7.22. The van der Waals surface area contributed by atoms with Crippen molar-refractivity contribution in [2.24, 2.45) is 0 Å². The van der Waals surface area contributed by atoms with Gasteiger partial charge in [0.25, 0.3) is 0 Å². The maximum absolute atomic E-state index is 6.70. The Morgan fingerprint density at radius 2 is 0.800 bits per heavy atom. The van der Waals surface area contributed by atoms with Crippen LogP contribution in [0.5, 0.6) is 0 Å². The van der Waals surface area contributed by atoms with Crippen LogP contribution in [0.1, 0.15) is 0 Å². The van der Waals surface area contributed by atoms with Crippen molar-refractivity contribution in [1.82, 2.24) is 0 Å². The molecule has 2 heteroatoms. The molecule has 0 radical (unpaired) electrons. The first kappa shape index (κ1) is 29.5. The Bertz CT molecular complexity index is 2600. The molecular weight excluding hydrogens is 607 g/mol. The van der Waals surface area contributed by atoms with Crippen molar-refractivity contribution in [1.29, 1.82) is 0 Å². The Hall–Kier alpha value is -6.64. The van der Waals surface area contributed by atoms with E-state index in [0.717, 1.165) is 50.1 Å². The van der Waals surface area contributed by atoms with Gasteiger partial charge in [-0.1, -0.05) is 170 Å². The van der Waals surface area contributed by atoms with Crippen LogP contribution >= 0.6 is 0 Å². The second-order valence-electron chi connectivity index (χ2n) is 12.5. The van der Waals surface area contributed by atoms with Crippen LogP contribution in [0.3, 0.4) is 0 Å². The van der Waals surface area contributed by atoms with Crippen LogP contribution < -0.4 is 4.90 Å². The molecule has 1 aromatic heterocycles. The van der Waals surface area contributed by atoms with E-state index in [9.17, 15) is 0 Å². The number of rotatable bonds is 7. The van der Waals surface area contributed by atoms with Gasteiger partial charge < -0.3 is 9.32 Å². The molecule has 0 spiro atoms. The maximum atomic E-state index is 6.70. The molecule has 0 aliphatic heterocycles. The molecule has 0 N–H and O–H groups in total. The van der Waals surface area contributed by atoms with Gasteiger partial charge in [-0.2, -0.15) is 0 Å². The summed E-state index contributed by atoms with van der Waals surface area (Å²) >= 11 is 0. The first-order valence-electron chi connectivity index (χ1n) is 17.0. The molecule has 0 unspecified atom stereocenters. The Kier molecular flexibility index (Phi) is 7.53. The molecule has 50 heavy (non-hydrogen) atoms. The normalized spacial score (nSPS) is 11.2. The number of fused-ring (bicyclic) bond motifs is 3. The van der Waals surface area contributed by atoms with Crippen LogP contribution in [0.25, 0.3) is 66.4 Å². The van der Waals surface area contributed by atoms with Gasteiger partial charge in [0.05, 0.1) is 11.4 Å². The van der Waals surface area contributed by atoms with Crippen molar-refractivity contribution in [3.05, 3.63) is 200 Å². The minimum atomic E-state index is 0.856. The highest BCUT2D eigenvalue weighted by atomic mass is 16.3. The van der Waals surface area contributed by atoms with Gasteiger partial charge in [-0.3, -0.25) is 0 Å². The number of nitrogens with zero attached hydrogens (tertiary/aromatic N) is 1. The third-order valence-electron chi connectivity index (χ3n) is 9.50. The molecule has 0 amide bonds. The molecule has 9 aromatic rings. The van der Waals surface area contributed by atoms with E-state index in [0.29, 0.717) is 0 Å². The van der Waals surface area contributed by atoms with E-state index in [1.54, 1.807) is 0 Å². The molecule has 0 saturated carbocycles. The Morgan fingerprint density at radius 1 is 0.320 bits per heavy atom. The predicted molar refractivity (Wildman–Crippen MR) is 210 cm³/mol. The minimum Gasteiger partial charge on any atom is -0.454 e. The summed E-state index contributed by atoms with van der Waals surface area (Å²) in [5.41, 5.74) is 14.2. The van der Waals surface area contributed by atoms with Crippen LogP contribution in [-0.4, -0.2) is 0 Å². The van der Waals surface area contributed by atoms with E-state index in [2.05, 4.69) is 199 Å². The average molecular weight is 640 g/mol. The van der Waals surface area contributed by atoms with Crippen molar-refractivity contribution < 1.29 is 4.42 Å². The van der Waals surface area contributed by atoms with Crippen LogP contribution in [0.15, 0.2) is 205 Å². The first-order chi connectivity index (χ1) is 24.8. The fourth-order valence-corrected chi connectivity index (χ4v) is 7.22. The molecule has 0 aliphatic rings. The van der Waals surface area contributed by atoms with Gasteiger partial charge in [0.1, 0.15) is 5.58 Å². The van der Waals surface area contributed by atoms with Crippen molar-refractivity contribution in [2.75, 3.05) is 4.90 Å². The van der Waals surface area contributed by atoms with E-state index < -0.39 is 0 Å². The molecule has 0 saturated heterocycles. The third-order valence-corrected chi connectivity index (χ3v) is 9.50. The lowest BCUT2D eigenvalue weighted by atomic mass is 9.92. The lowest BCUT2D eigenvalue weighted by Crippen LogP contribution is -2.12. The highest BCUT2D eigenvalue weighted by Gasteiger charge is 2.23. The first-order valence-corrected chi connectivity index (χ1v) is 17.0. The number of benzene rings is 8. The lowest BCUT2D eigenvalue weighted by molar-refractivity contribution is 0.669. The second kappa shape index (κ2) is 12.8. The van der Waals surface area contributed by atoms with E-state index >= 15 is 0 Å². The molecule has 0 bridgehead atoms. The Morgan fingerprint density at radius 3 is 1.52 bits per heavy atom. The summed E-state index contributed by atoms with van der Waals surface area (Å²) in [7, 11) is 0. The van der Waals surface area contributed by atoms with E-state index in [4.69, 9.17) is 4.42 Å². The lowest BCUT2D eigenvalue weighted by Gasteiger charge is -2.29. The summed E-state index contributed by atoms with van der Waals surface area (Å²) in [6.07, 6.45) is 0. The maximum Gasteiger partial charge on any atom is 0.159 e. The average Bonchev–Trinajstić information content (AvgIpc) is 3.59. The van der Waals surface area contributed by atoms with Gasteiger partial charge in [-0.15, -0.1) is 0 Å². The van der Waals surface area contributed by atoms with Gasteiger partial charge in [0.15, 0.2) is 5.58 Å². The van der Waals surface area contributed by atoms with E-state index in [-0.39, 0.29) is 0 Å². The van der Waals surface area contributed by atoms with E-state index in [1.807, 2.05) is 6.07 Å². The van der Waals surface area contributed by atoms with Gasteiger partial charge >= 0.3 is 0 Å². The molecule has 236 valence electrons. The Labute approximate surface area is 292 Å². The Balaban J connectivity index is 1.30. The van der Waals surface area contributed by atoms with Gasteiger partial charge in [0.2, 0.25) is 0 Å². The summed E-state index contributed by atoms with van der Waals surface area (Å²) in [5, 5.41) is 2.20. The minimum absolute atomic E-state index is 0.856. The summed E-state index contributed by atoms with van der Waals surface area (Å²) in [6.45, 7) is 0. The van der Waals surface area contributed by atoms with Gasteiger partial charge in [-0.25, -0.2) is 0 Å². The number of para-hydroxylation sites is 3. The SMILES string of the molecule is c1ccc(-c2ccccc2-c2cccc(N(c3ccccc3-c3ccccc3-c3ccccc3)c3cccc4c3oc3ccccc34)c2)cc1. The summed E-state index contributed by atoms with van der Waals surface area (Å²) in [5.74, 6) is 0. The van der Waals surface area contributed by atoms with Crippen molar-refractivity contribution in [3.63, 3.8) is 0 Å². The van der Waals surface area contributed by atoms with Crippen LogP contribution in [0, 0.1) is 0 Å². The molecule has 1 heterocycles. The van der Waals surface area contributed by atoms with Gasteiger partial charge in [0, 0.05) is 22.0 Å². The summed E-state index contributed by atoms with van der Waals surface area (Å²) in [4.78, 5) is 2.37. The van der Waals surface area contributed by atoms with Crippen molar-refractivity contribution >= 4 is 39.0 Å². The molecule has 0 fully saturated rings. The quantitative estimate of drug-likeness (QED) is 0.173. The van der Waals surface area contributed by atoms with Gasteiger partial charge in [-0.05, 0) is 69.3 Å². The third kappa shape index (κ3) is 5.24. The smallest absolute Gasteiger partial charge is 0.159 e. The molecule has 8 aromatic carbocycles. The zero-order chi connectivity index (χ0) is 33.3. The predicted octanol–water partition coefficient (Wildman–Crippen LogP) is 13.7. The van der Waals surface area contributed by atoms with Crippen molar-refractivity contribution in [2.45, 2.75) is 0 Å². The zero-order valence-corrected chi connectivity index (χ0v) is 27.4. The van der Waals surface area contributed by atoms with Crippen LogP contribution in [0.4, 0.5) is 17.1 Å². The molecule has 0 atom stereocenters. The van der Waals surface area contributed by atoms with Crippen LogP contribution in [-0.2, 0) is 0 Å². The number of hydrogen-bond donors (Lipinski definition) is 0. The molecule has 9 rings (SSSR count). The molecular formula is C48H33NO. The molecule has 0 aliphatic carbocycles. The largest absolute Gasteiger partial charge is 0.454 e. The highest BCUT2D eigenvalue weighted by Crippen LogP contribution is 2.47. The summed E-state index contributed by atoms with van der Waals surface area (Å²) in [6, 6.07) is 71.0. The standard InChI is InChI=1S/C48H33NO/c1-3-17-34(18-4-1)38-23-7-8-25-40(38)36-21-15-22-37(33-36)49(46-31-16-29-44-43-28-12-14-32-47(43)50-48(44)46)45-30-13-11-27-42(45)41-26-10-9-24-39(41)35-19-5-2-6-20-35/h1-33H. The molecule has 2 nitrogen and oxygen atoms in total. The highest BCUT2D eigenvalue weighted by molar-refractivity contribution is 6.11. The van der Waals surface area contributed by atoms with Crippen LogP contribution in [0.2, 0.25) is 0 Å². The zero-order valence-electron chi connectivity index (χ0n) is 27.4. The topological polar surface area (TPSA) is 16.4 Å². The number of hydrogen-bond acceptors (Lipinski definition) is 2. The number of anilines is 3. The monoisotopic (exact) mass is 639 g/mol. The fraction of sp³-hybridized carbons (Fsp3) is 0. The second-order valence-corrected chi connectivity index (χ2v) is 12.5. The summed E-state index contributed by atoms with van der Waals surface area (Å²) < 4.78 is 6.70. The number of furan rings is 1.